The van der Waals surface area contributed by atoms with Gasteiger partial charge in [-0.3, -0.25) is 4.79 Å². The summed E-state index contributed by atoms with van der Waals surface area (Å²) in [5.74, 6) is -2.31. The molecule has 7 heteroatoms. The van der Waals surface area contributed by atoms with Crippen molar-refractivity contribution in [3.8, 4) is 0 Å². The first kappa shape index (κ1) is 14.8. The Balaban J connectivity index is 2.37. The number of benzene rings is 1. The number of nitrogen functional groups attached to an aromatic ring is 1. The van der Waals surface area contributed by atoms with Crippen LogP contribution in [0.4, 0.5) is 20.2 Å². The molecule has 0 bridgehead atoms. The van der Waals surface area contributed by atoms with Crippen LogP contribution in [0.1, 0.15) is 28.7 Å². The van der Waals surface area contributed by atoms with Gasteiger partial charge in [-0.2, -0.15) is 10.2 Å². The number of nitrogens with one attached hydrogen (secondary N) is 1. The van der Waals surface area contributed by atoms with Crippen LogP contribution in [0.5, 0.6) is 0 Å². The predicted molar refractivity (Wildman–Crippen MR) is 74.9 cm³/mol. The monoisotopic (exact) mass is 292 g/mol. The normalized spacial score (nSPS) is 10.5. The quantitative estimate of drug-likeness (QED) is 0.851. The van der Waals surface area contributed by atoms with Gasteiger partial charge in [0.2, 0.25) is 0 Å². The molecule has 5 nitrogen and oxygen atoms in total. The van der Waals surface area contributed by atoms with Crippen molar-refractivity contribution in [3.05, 3.63) is 46.8 Å². The van der Waals surface area contributed by atoms with Crippen molar-refractivity contribution in [2.45, 2.75) is 20.3 Å². The van der Waals surface area contributed by atoms with Crippen LogP contribution in [0.25, 0.3) is 0 Å². The van der Waals surface area contributed by atoms with Gasteiger partial charge in [-0.15, -0.1) is 0 Å². The minimum absolute atomic E-state index is 0.183. The van der Waals surface area contributed by atoms with Gasteiger partial charge in [0.25, 0.3) is 5.91 Å². The largest absolute Gasteiger partial charge is 0.397 e. The van der Waals surface area contributed by atoms with Gasteiger partial charge in [0, 0.05) is 6.07 Å². The second-order valence-electron chi connectivity index (χ2n) is 4.51. The van der Waals surface area contributed by atoms with Gasteiger partial charge in [0.15, 0.2) is 5.82 Å². The first-order valence-electron chi connectivity index (χ1n) is 6.31. The van der Waals surface area contributed by atoms with E-state index in [4.69, 9.17) is 5.73 Å². The number of nitrogens with zero attached hydrogens (tertiary/aromatic N) is 2. The number of carbonyl (C=O) groups is 1. The molecular weight excluding hydrogens is 278 g/mol. The molecule has 3 N–H and O–H groups in total. The van der Waals surface area contributed by atoms with Gasteiger partial charge in [0.05, 0.1) is 22.6 Å². The predicted octanol–water partition coefficient (Wildman–Crippen LogP) is 2.46. The van der Waals surface area contributed by atoms with Crippen molar-refractivity contribution in [2.24, 2.45) is 0 Å². The summed E-state index contributed by atoms with van der Waals surface area (Å²) in [6.45, 7) is 3.51. The van der Waals surface area contributed by atoms with Crippen molar-refractivity contribution >= 4 is 17.3 Å². The number of hydrogen-bond donors (Lipinski definition) is 2. The third-order valence-electron chi connectivity index (χ3n) is 2.90. The van der Waals surface area contributed by atoms with Gasteiger partial charge in [0.1, 0.15) is 11.5 Å². The summed E-state index contributed by atoms with van der Waals surface area (Å²) in [6.07, 6.45) is 0.497. The minimum atomic E-state index is -0.933. The van der Waals surface area contributed by atoms with Crippen molar-refractivity contribution in [3.63, 3.8) is 0 Å². The Morgan fingerprint density at radius 1 is 1.29 bits per heavy atom. The van der Waals surface area contributed by atoms with Gasteiger partial charge >= 0.3 is 0 Å². The molecule has 1 heterocycles. The highest BCUT2D eigenvalue weighted by molar-refractivity contribution is 6.06. The Morgan fingerprint density at radius 2 is 2.00 bits per heavy atom. The van der Waals surface area contributed by atoms with Crippen LogP contribution in [-0.2, 0) is 6.42 Å². The number of rotatable bonds is 3. The molecule has 0 aliphatic heterocycles. The highest BCUT2D eigenvalue weighted by Gasteiger charge is 2.17. The summed E-state index contributed by atoms with van der Waals surface area (Å²) in [6, 6.07) is 3.15. The molecule has 2 aromatic rings. The molecule has 1 aromatic heterocycles. The lowest BCUT2D eigenvalue weighted by Crippen LogP contribution is -2.18. The second-order valence-corrected chi connectivity index (χ2v) is 4.51. The maximum atomic E-state index is 13.7. The van der Waals surface area contributed by atoms with Crippen molar-refractivity contribution in [1.29, 1.82) is 0 Å². The Kier molecular flexibility index (Phi) is 4.11. The highest BCUT2D eigenvalue weighted by Crippen LogP contribution is 2.24. The summed E-state index contributed by atoms with van der Waals surface area (Å²) < 4.78 is 26.7. The first-order chi connectivity index (χ1) is 9.92. The van der Waals surface area contributed by atoms with Gasteiger partial charge in [-0.05, 0) is 25.5 Å². The first-order valence-corrected chi connectivity index (χ1v) is 6.31. The Hall–Kier alpha value is -2.57. The Bertz CT molecular complexity index is 680. The summed E-state index contributed by atoms with van der Waals surface area (Å²) >= 11 is 0. The third kappa shape index (κ3) is 3.13. The Labute approximate surface area is 120 Å². The van der Waals surface area contributed by atoms with E-state index in [9.17, 15) is 13.6 Å². The topological polar surface area (TPSA) is 80.9 Å². The summed E-state index contributed by atoms with van der Waals surface area (Å²) in [7, 11) is 0. The van der Waals surface area contributed by atoms with Crippen molar-refractivity contribution in [1.82, 2.24) is 10.2 Å². The number of amides is 1. The van der Waals surface area contributed by atoms with Crippen LogP contribution < -0.4 is 11.1 Å². The van der Waals surface area contributed by atoms with Crippen LogP contribution in [0, 0.1) is 18.6 Å². The number of hydrogen-bond acceptors (Lipinski definition) is 4. The molecule has 0 radical (unpaired) electrons. The second kappa shape index (κ2) is 5.82. The Morgan fingerprint density at radius 3 is 2.62 bits per heavy atom. The molecule has 110 valence electrons. The standard InChI is InChI=1S/C14H14F2N4O/c1-3-12-9(4-7(2)19-20-12)14(21)18-13-10(16)5-8(15)6-11(13)17/h4-6H,3,17H2,1-2H3,(H,18,21). The molecule has 0 spiro atoms. The van der Waals surface area contributed by atoms with Crippen LogP contribution in [0.3, 0.4) is 0 Å². The lowest BCUT2D eigenvalue weighted by molar-refractivity contribution is 0.102. The van der Waals surface area contributed by atoms with Crippen LogP contribution >= 0.6 is 0 Å². The maximum absolute atomic E-state index is 13.7. The SMILES string of the molecule is CCc1nnc(C)cc1C(=O)Nc1c(N)cc(F)cc1F. The summed E-state index contributed by atoms with van der Waals surface area (Å²) in [5.41, 5.74) is 6.42. The molecule has 0 saturated heterocycles. The van der Waals surface area contributed by atoms with Gasteiger partial charge < -0.3 is 11.1 Å². The lowest BCUT2D eigenvalue weighted by atomic mass is 10.1. The number of anilines is 2. The summed E-state index contributed by atoms with van der Waals surface area (Å²) in [4.78, 5) is 12.2. The zero-order valence-corrected chi connectivity index (χ0v) is 11.6. The van der Waals surface area contributed by atoms with Crippen LogP contribution in [0.2, 0.25) is 0 Å². The average Bonchev–Trinajstić information content (AvgIpc) is 2.42. The molecule has 0 aliphatic rings. The van der Waals surface area contributed by atoms with Gasteiger partial charge in [-0.25, -0.2) is 8.78 Å². The van der Waals surface area contributed by atoms with E-state index < -0.39 is 17.5 Å². The highest BCUT2D eigenvalue weighted by atomic mass is 19.1. The molecule has 21 heavy (non-hydrogen) atoms. The lowest BCUT2D eigenvalue weighted by Gasteiger charge is -2.11. The smallest absolute Gasteiger partial charge is 0.257 e. The van der Waals surface area contributed by atoms with E-state index in [1.165, 1.54) is 0 Å². The fourth-order valence-corrected chi connectivity index (χ4v) is 1.88. The molecule has 2 rings (SSSR count). The minimum Gasteiger partial charge on any atom is -0.397 e. The molecule has 1 amide bonds. The van der Waals surface area contributed by atoms with E-state index >= 15 is 0 Å². The van der Waals surface area contributed by atoms with Crippen LogP contribution in [-0.4, -0.2) is 16.1 Å². The molecule has 0 saturated carbocycles. The van der Waals surface area contributed by atoms with Crippen molar-refractivity contribution < 1.29 is 13.6 Å². The fourth-order valence-electron chi connectivity index (χ4n) is 1.88. The average molecular weight is 292 g/mol. The molecule has 0 atom stereocenters. The summed E-state index contributed by atoms with van der Waals surface area (Å²) in [5, 5.41) is 10.1. The fraction of sp³-hybridized carbons (Fsp3) is 0.214. The molecule has 0 fully saturated rings. The zero-order chi connectivity index (χ0) is 15.6. The molecular formula is C14H14F2N4O. The number of nitrogens with two attached hydrogens (primary N) is 1. The van der Waals surface area contributed by atoms with E-state index in [2.05, 4.69) is 15.5 Å². The zero-order valence-electron chi connectivity index (χ0n) is 11.6. The molecule has 0 unspecified atom stereocenters. The number of carbonyl (C=O) groups excluding carboxylic acids is 1. The van der Waals surface area contributed by atoms with E-state index in [-0.39, 0.29) is 16.9 Å². The van der Waals surface area contributed by atoms with E-state index in [0.717, 1.165) is 6.07 Å². The number of aryl methyl sites for hydroxylation is 2. The van der Waals surface area contributed by atoms with E-state index in [1.807, 2.05) is 6.92 Å². The van der Waals surface area contributed by atoms with Gasteiger partial charge in [-0.1, -0.05) is 6.92 Å². The molecule has 0 aliphatic carbocycles. The number of halogens is 2. The van der Waals surface area contributed by atoms with E-state index in [0.29, 0.717) is 23.9 Å². The molecule has 1 aromatic carbocycles. The number of aromatic nitrogens is 2. The van der Waals surface area contributed by atoms with E-state index in [1.54, 1.807) is 13.0 Å². The maximum Gasteiger partial charge on any atom is 0.257 e. The third-order valence-corrected chi connectivity index (χ3v) is 2.90. The van der Waals surface area contributed by atoms with Crippen LogP contribution in [0.15, 0.2) is 18.2 Å². The van der Waals surface area contributed by atoms with Crippen molar-refractivity contribution in [2.75, 3.05) is 11.1 Å².